The average Bonchev–Trinajstić information content (AvgIpc) is 2.38. The summed E-state index contributed by atoms with van der Waals surface area (Å²) in [6, 6.07) is 6.69. The quantitative estimate of drug-likeness (QED) is 0.759. The van der Waals surface area contributed by atoms with E-state index in [1.165, 1.54) is 4.31 Å². The maximum Gasteiger partial charge on any atom is 0.243 e. The highest BCUT2D eigenvalue weighted by molar-refractivity contribution is 7.89. The van der Waals surface area contributed by atoms with E-state index in [-0.39, 0.29) is 24.6 Å². The molecule has 0 fully saturated rings. The molecule has 0 radical (unpaired) electrons. The van der Waals surface area contributed by atoms with Gasteiger partial charge in [-0.2, -0.15) is 4.31 Å². The smallest absolute Gasteiger partial charge is 0.243 e. The predicted molar refractivity (Wildman–Crippen MR) is 70.5 cm³/mol. The van der Waals surface area contributed by atoms with E-state index in [1.54, 1.807) is 24.3 Å². The fourth-order valence-electron chi connectivity index (χ4n) is 1.78. The molecule has 1 aromatic rings. The first-order chi connectivity index (χ1) is 8.57. The minimum Gasteiger partial charge on any atom is -0.395 e. The fourth-order valence-corrected chi connectivity index (χ4v) is 3.53. The maximum atomic E-state index is 12.5. The van der Waals surface area contributed by atoms with Gasteiger partial charge in [-0.25, -0.2) is 8.42 Å². The summed E-state index contributed by atoms with van der Waals surface area (Å²) in [4.78, 5) is 0.231. The zero-order chi connectivity index (χ0) is 13.6. The lowest BCUT2D eigenvalue weighted by Crippen LogP contribution is -2.35. The van der Waals surface area contributed by atoms with E-state index < -0.39 is 10.0 Å². The van der Waals surface area contributed by atoms with E-state index in [0.29, 0.717) is 18.5 Å². The molecule has 0 saturated carbocycles. The second-order valence-corrected chi connectivity index (χ2v) is 5.85. The Morgan fingerprint density at radius 1 is 1.28 bits per heavy atom. The zero-order valence-corrected chi connectivity index (χ0v) is 11.4. The van der Waals surface area contributed by atoms with Crippen LogP contribution in [0, 0.1) is 0 Å². The Labute approximate surface area is 108 Å². The van der Waals surface area contributed by atoms with Gasteiger partial charge in [0.15, 0.2) is 0 Å². The van der Waals surface area contributed by atoms with Gasteiger partial charge in [-0.1, -0.05) is 25.1 Å². The molecule has 0 aliphatic heterocycles. The summed E-state index contributed by atoms with van der Waals surface area (Å²) in [6.45, 7) is 2.38. The van der Waals surface area contributed by atoms with Crippen molar-refractivity contribution in [2.75, 3.05) is 19.7 Å². The summed E-state index contributed by atoms with van der Waals surface area (Å²) in [7, 11) is -3.57. The lowest BCUT2D eigenvalue weighted by Gasteiger charge is -2.22. The summed E-state index contributed by atoms with van der Waals surface area (Å²) in [5.74, 6) is 0. The second kappa shape index (κ2) is 6.84. The molecule has 1 aromatic carbocycles. The van der Waals surface area contributed by atoms with Gasteiger partial charge in [-0.05, 0) is 18.1 Å². The van der Waals surface area contributed by atoms with Gasteiger partial charge in [0.1, 0.15) is 0 Å². The SMILES string of the molecule is CCCN(CCO)S(=O)(=O)c1ccccc1CN. The Morgan fingerprint density at radius 3 is 2.50 bits per heavy atom. The van der Waals surface area contributed by atoms with Crippen LogP contribution in [0.2, 0.25) is 0 Å². The second-order valence-electron chi connectivity index (χ2n) is 3.94. The van der Waals surface area contributed by atoms with Crippen molar-refractivity contribution in [1.82, 2.24) is 4.31 Å². The topological polar surface area (TPSA) is 83.6 Å². The van der Waals surface area contributed by atoms with Crippen molar-refractivity contribution < 1.29 is 13.5 Å². The Kier molecular flexibility index (Phi) is 5.74. The van der Waals surface area contributed by atoms with Crippen LogP contribution >= 0.6 is 0 Å². The normalized spacial score (nSPS) is 12.0. The summed E-state index contributed by atoms with van der Waals surface area (Å²) in [5, 5.41) is 8.97. The summed E-state index contributed by atoms with van der Waals surface area (Å²) < 4.78 is 26.2. The van der Waals surface area contributed by atoms with Crippen LogP contribution in [0.4, 0.5) is 0 Å². The standard InChI is InChI=1S/C12H20N2O3S/c1-2-7-14(8-9-15)18(16,17)12-6-4-3-5-11(12)10-13/h3-6,15H,2,7-10,13H2,1H3. The molecule has 5 nitrogen and oxygen atoms in total. The Bertz CT molecular complexity index is 468. The number of rotatable bonds is 7. The maximum absolute atomic E-state index is 12.5. The van der Waals surface area contributed by atoms with Crippen LogP contribution in [0.1, 0.15) is 18.9 Å². The lowest BCUT2D eigenvalue weighted by atomic mass is 10.2. The summed E-state index contributed by atoms with van der Waals surface area (Å²) in [6.07, 6.45) is 0.698. The third-order valence-corrected chi connectivity index (χ3v) is 4.63. The highest BCUT2D eigenvalue weighted by Gasteiger charge is 2.25. The molecule has 0 amide bonds. The van der Waals surface area contributed by atoms with Gasteiger partial charge in [0.2, 0.25) is 10.0 Å². The van der Waals surface area contributed by atoms with Crippen molar-refractivity contribution in [3.05, 3.63) is 29.8 Å². The summed E-state index contributed by atoms with van der Waals surface area (Å²) in [5.41, 5.74) is 6.16. The Morgan fingerprint density at radius 2 is 1.94 bits per heavy atom. The number of sulfonamides is 1. The largest absolute Gasteiger partial charge is 0.395 e. The molecule has 6 heteroatoms. The van der Waals surface area contributed by atoms with Crippen LogP contribution in [0.3, 0.4) is 0 Å². The molecule has 0 bridgehead atoms. The molecule has 0 aliphatic rings. The third-order valence-electron chi connectivity index (χ3n) is 2.63. The molecular formula is C12H20N2O3S. The molecule has 0 saturated heterocycles. The van der Waals surface area contributed by atoms with Crippen molar-refractivity contribution in [2.24, 2.45) is 5.73 Å². The lowest BCUT2D eigenvalue weighted by molar-refractivity contribution is 0.253. The molecule has 3 N–H and O–H groups in total. The van der Waals surface area contributed by atoms with E-state index in [2.05, 4.69) is 0 Å². The van der Waals surface area contributed by atoms with E-state index in [9.17, 15) is 8.42 Å². The first-order valence-corrected chi connectivity index (χ1v) is 7.41. The number of hydrogen-bond acceptors (Lipinski definition) is 4. The van der Waals surface area contributed by atoms with Crippen LogP contribution in [-0.2, 0) is 16.6 Å². The van der Waals surface area contributed by atoms with Crippen molar-refractivity contribution in [1.29, 1.82) is 0 Å². The van der Waals surface area contributed by atoms with E-state index in [0.717, 1.165) is 0 Å². The minimum atomic E-state index is -3.57. The molecule has 18 heavy (non-hydrogen) atoms. The number of nitrogens with two attached hydrogens (primary N) is 1. The average molecular weight is 272 g/mol. The van der Waals surface area contributed by atoms with Gasteiger partial charge in [0.05, 0.1) is 11.5 Å². The van der Waals surface area contributed by atoms with Gasteiger partial charge >= 0.3 is 0 Å². The van der Waals surface area contributed by atoms with E-state index >= 15 is 0 Å². The zero-order valence-electron chi connectivity index (χ0n) is 10.5. The minimum absolute atomic E-state index is 0.106. The van der Waals surface area contributed by atoms with Gasteiger partial charge in [-0.15, -0.1) is 0 Å². The van der Waals surface area contributed by atoms with Crippen LogP contribution in [0.5, 0.6) is 0 Å². The summed E-state index contributed by atoms with van der Waals surface area (Å²) >= 11 is 0. The van der Waals surface area contributed by atoms with Crippen LogP contribution in [0.25, 0.3) is 0 Å². The van der Waals surface area contributed by atoms with Crippen molar-refractivity contribution in [3.8, 4) is 0 Å². The third kappa shape index (κ3) is 3.29. The number of hydrogen-bond donors (Lipinski definition) is 2. The molecule has 0 atom stereocenters. The van der Waals surface area contributed by atoms with Gasteiger partial charge in [0, 0.05) is 19.6 Å². The molecular weight excluding hydrogens is 252 g/mol. The molecule has 0 aliphatic carbocycles. The fraction of sp³-hybridized carbons (Fsp3) is 0.500. The molecule has 102 valence electrons. The molecule has 1 rings (SSSR count). The van der Waals surface area contributed by atoms with Crippen molar-refractivity contribution in [2.45, 2.75) is 24.8 Å². The Hall–Kier alpha value is -0.950. The monoisotopic (exact) mass is 272 g/mol. The van der Waals surface area contributed by atoms with Crippen LogP contribution in [-0.4, -0.2) is 37.5 Å². The first kappa shape index (κ1) is 15.1. The van der Waals surface area contributed by atoms with E-state index in [1.807, 2.05) is 6.92 Å². The predicted octanol–water partition coefficient (Wildman–Crippen LogP) is 0.538. The Balaban J connectivity index is 3.17. The molecule has 0 aromatic heterocycles. The molecule has 0 spiro atoms. The van der Waals surface area contributed by atoms with Crippen LogP contribution in [0.15, 0.2) is 29.2 Å². The molecule has 0 unspecified atom stereocenters. The van der Waals surface area contributed by atoms with E-state index in [4.69, 9.17) is 10.8 Å². The number of benzene rings is 1. The first-order valence-electron chi connectivity index (χ1n) is 5.96. The number of aliphatic hydroxyl groups excluding tert-OH is 1. The van der Waals surface area contributed by atoms with Crippen molar-refractivity contribution in [3.63, 3.8) is 0 Å². The number of aliphatic hydroxyl groups is 1. The van der Waals surface area contributed by atoms with Gasteiger partial charge in [-0.3, -0.25) is 0 Å². The highest BCUT2D eigenvalue weighted by Crippen LogP contribution is 2.19. The highest BCUT2D eigenvalue weighted by atomic mass is 32.2. The van der Waals surface area contributed by atoms with Crippen molar-refractivity contribution >= 4 is 10.0 Å². The molecule has 0 heterocycles. The van der Waals surface area contributed by atoms with Gasteiger partial charge < -0.3 is 10.8 Å². The van der Waals surface area contributed by atoms with Crippen LogP contribution < -0.4 is 5.73 Å². The number of nitrogens with zero attached hydrogens (tertiary/aromatic N) is 1. The van der Waals surface area contributed by atoms with Gasteiger partial charge in [0.25, 0.3) is 0 Å².